The van der Waals surface area contributed by atoms with Gasteiger partial charge in [-0.1, -0.05) is 6.07 Å². The number of benzene rings is 1. The minimum atomic E-state index is -4.42. The van der Waals surface area contributed by atoms with Gasteiger partial charge >= 0.3 is 6.18 Å². The van der Waals surface area contributed by atoms with Gasteiger partial charge in [0.05, 0.1) is 42.6 Å². The van der Waals surface area contributed by atoms with Gasteiger partial charge in [-0.25, -0.2) is 14.1 Å². The first-order valence-electron chi connectivity index (χ1n) is 10.7. The number of nitrogens with zero attached hydrogens (tertiary/aromatic N) is 6. The van der Waals surface area contributed by atoms with Crippen molar-refractivity contribution in [2.75, 3.05) is 36.5 Å². The molecule has 1 N–H and O–H groups in total. The van der Waals surface area contributed by atoms with E-state index in [1.165, 1.54) is 16.9 Å². The van der Waals surface area contributed by atoms with Crippen LogP contribution in [-0.2, 0) is 10.9 Å². The maximum Gasteiger partial charge on any atom is 0.416 e. The Morgan fingerprint density at radius 3 is 2.49 bits per heavy atom. The fourth-order valence-electron chi connectivity index (χ4n) is 3.59. The fraction of sp³-hybridized carbons (Fsp3) is 0.217. The molecule has 4 aromatic rings. The van der Waals surface area contributed by atoms with Crippen molar-refractivity contribution in [3.05, 3.63) is 72.4 Å². The Morgan fingerprint density at radius 2 is 1.74 bits per heavy atom. The third-order valence-electron chi connectivity index (χ3n) is 5.32. The number of anilines is 3. The lowest BCUT2D eigenvalue weighted by Crippen LogP contribution is -2.37. The molecule has 0 radical (unpaired) electrons. The molecular formula is C23H19F4N7O. The number of pyridine rings is 1. The summed E-state index contributed by atoms with van der Waals surface area (Å²) < 4.78 is 59.8. The van der Waals surface area contributed by atoms with Crippen LogP contribution >= 0.6 is 0 Å². The highest BCUT2D eigenvalue weighted by molar-refractivity contribution is 5.63. The number of alkyl halides is 3. The third kappa shape index (κ3) is 5.06. The van der Waals surface area contributed by atoms with Crippen LogP contribution in [0.4, 0.5) is 34.8 Å². The highest BCUT2D eigenvalue weighted by atomic mass is 19.4. The van der Waals surface area contributed by atoms with E-state index >= 15 is 0 Å². The van der Waals surface area contributed by atoms with Crippen molar-refractivity contribution >= 4 is 17.2 Å². The number of morpholine rings is 1. The summed E-state index contributed by atoms with van der Waals surface area (Å²) in [4.78, 5) is 14.5. The lowest BCUT2D eigenvalue weighted by Gasteiger charge is -2.27. The average Bonchev–Trinajstić information content (AvgIpc) is 3.35. The summed E-state index contributed by atoms with van der Waals surface area (Å²) in [5.41, 5.74) is 1.13. The van der Waals surface area contributed by atoms with E-state index < -0.39 is 17.6 Å². The highest BCUT2D eigenvalue weighted by Gasteiger charge is 2.30. The molecule has 1 aliphatic rings. The summed E-state index contributed by atoms with van der Waals surface area (Å²) in [6, 6.07) is 10.0. The molecule has 5 rings (SSSR count). The minimum absolute atomic E-state index is 0.193. The predicted octanol–water partition coefficient (Wildman–Crippen LogP) is 4.46. The third-order valence-corrected chi connectivity index (χ3v) is 5.32. The Hall–Kier alpha value is -4.06. The van der Waals surface area contributed by atoms with Crippen LogP contribution in [0.15, 0.2) is 61.1 Å². The lowest BCUT2D eigenvalue weighted by molar-refractivity contribution is -0.137. The fourth-order valence-corrected chi connectivity index (χ4v) is 3.59. The van der Waals surface area contributed by atoms with E-state index in [2.05, 4.69) is 25.4 Å². The molecule has 3 aromatic heterocycles. The van der Waals surface area contributed by atoms with E-state index in [9.17, 15) is 17.6 Å². The summed E-state index contributed by atoms with van der Waals surface area (Å²) in [5.74, 6) is -0.117. The molecule has 12 heteroatoms. The van der Waals surface area contributed by atoms with E-state index in [1.54, 1.807) is 35.4 Å². The van der Waals surface area contributed by atoms with Crippen molar-refractivity contribution in [3.63, 3.8) is 0 Å². The Kier molecular flexibility index (Phi) is 6.03. The van der Waals surface area contributed by atoms with Crippen molar-refractivity contribution in [2.24, 2.45) is 0 Å². The molecule has 180 valence electrons. The number of ether oxygens (including phenoxy) is 1. The molecular weight excluding hydrogens is 466 g/mol. The molecule has 1 aromatic carbocycles. The van der Waals surface area contributed by atoms with Crippen molar-refractivity contribution in [2.45, 2.75) is 6.18 Å². The van der Waals surface area contributed by atoms with Gasteiger partial charge in [0, 0.05) is 25.0 Å². The first-order valence-corrected chi connectivity index (χ1v) is 10.7. The van der Waals surface area contributed by atoms with Crippen LogP contribution in [0.3, 0.4) is 0 Å². The van der Waals surface area contributed by atoms with Crippen molar-refractivity contribution in [1.29, 1.82) is 0 Å². The zero-order chi connectivity index (χ0) is 24.4. The van der Waals surface area contributed by atoms with Crippen LogP contribution in [0.1, 0.15) is 5.56 Å². The number of halogens is 4. The topological polar surface area (TPSA) is 81.0 Å². The molecule has 8 nitrogen and oxygen atoms in total. The molecule has 0 unspecified atom stereocenters. The monoisotopic (exact) mass is 485 g/mol. The molecule has 1 aliphatic heterocycles. The molecule has 0 bridgehead atoms. The largest absolute Gasteiger partial charge is 0.416 e. The molecule has 0 atom stereocenters. The van der Waals surface area contributed by atoms with E-state index in [-0.39, 0.29) is 11.8 Å². The molecule has 0 saturated carbocycles. The predicted molar refractivity (Wildman–Crippen MR) is 120 cm³/mol. The molecule has 0 amide bonds. The average molecular weight is 485 g/mol. The second-order valence-electron chi connectivity index (χ2n) is 7.72. The van der Waals surface area contributed by atoms with Gasteiger partial charge in [0.1, 0.15) is 5.69 Å². The van der Waals surface area contributed by atoms with Crippen LogP contribution in [0, 0.1) is 5.82 Å². The van der Waals surface area contributed by atoms with Gasteiger partial charge in [-0.15, -0.1) is 0 Å². The Bertz CT molecular complexity index is 1320. The van der Waals surface area contributed by atoms with E-state index in [4.69, 9.17) is 4.74 Å². The van der Waals surface area contributed by atoms with Crippen molar-refractivity contribution in [3.8, 4) is 17.3 Å². The van der Waals surface area contributed by atoms with Gasteiger partial charge in [-0.3, -0.25) is 4.98 Å². The second kappa shape index (κ2) is 9.29. The highest BCUT2D eigenvalue weighted by Crippen LogP contribution is 2.31. The number of aromatic nitrogens is 5. The zero-order valence-electron chi connectivity index (χ0n) is 18.2. The summed E-state index contributed by atoms with van der Waals surface area (Å²) in [6.45, 7) is 2.05. The summed E-state index contributed by atoms with van der Waals surface area (Å²) >= 11 is 0. The Labute approximate surface area is 197 Å². The molecule has 0 aliphatic carbocycles. The van der Waals surface area contributed by atoms with Gasteiger partial charge in [-0.2, -0.15) is 23.3 Å². The first kappa shape index (κ1) is 22.7. The summed E-state index contributed by atoms with van der Waals surface area (Å²) in [7, 11) is 0. The lowest BCUT2D eigenvalue weighted by atomic mass is 10.2. The van der Waals surface area contributed by atoms with E-state index in [0.717, 1.165) is 18.3 Å². The minimum Gasteiger partial charge on any atom is -0.378 e. The van der Waals surface area contributed by atoms with Crippen molar-refractivity contribution < 1.29 is 22.3 Å². The van der Waals surface area contributed by atoms with Crippen LogP contribution in [0.5, 0.6) is 0 Å². The van der Waals surface area contributed by atoms with E-state index in [1.807, 2.05) is 0 Å². The molecule has 0 spiro atoms. The van der Waals surface area contributed by atoms with Gasteiger partial charge in [0.2, 0.25) is 0 Å². The van der Waals surface area contributed by atoms with Crippen LogP contribution < -0.4 is 10.2 Å². The SMILES string of the molecule is Fc1cnc(-n2ccc(-c3ccc(Nc4cccc(C(F)(F)F)c4)cn3)n2)nc1N1CCOCC1. The number of nitrogens with one attached hydrogen (secondary N) is 1. The van der Waals surface area contributed by atoms with Gasteiger partial charge < -0.3 is 15.0 Å². The first-order chi connectivity index (χ1) is 16.9. The van der Waals surface area contributed by atoms with Crippen LogP contribution in [0.25, 0.3) is 17.3 Å². The summed E-state index contributed by atoms with van der Waals surface area (Å²) in [6.07, 6.45) is -0.168. The number of hydrogen-bond donors (Lipinski definition) is 1. The number of hydrogen-bond acceptors (Lipinski definition) is 7. The van der Waals surface area contributed by atoms with Crippen molar-refractivity contribution in [1.82, 2.24) is 24.7 Å². The standard InChI is InChI=1S/C23H19F4N7O/c24-18-14-29-22(31-21(18)33-8-10-35-11-9-33)34-7-6-20(32-34)19-5-4-17(13-28-19)30-16-3-1-2-15(12-16)23(25,26)27/h1-7,12-14,30H,8-11H2. The van der Waals surface area contributed by atoms with Gasteiger partial charge in [0.15, 0.2) is 11.6 Å². The van der Waals surface area contributed by atoms with Gasteiger partial charge in [0.25, 0.3) is 5.95 Å². The van der Waals surface area contributed by atoms with Crippen LogP contribution in [0.2, 0.25) is 0 Å². The maximum atomic E-state index is 14.3. The molecule has 4 heterocycles. The molecule has 1 saturated heterocycles. The second-order valence-corrected chi connectivity index (χ2v) is 7.72. The summed E-state index contributed by atoms with van der Waals surface area (Å²) in [5, 5.41) is 7.35. The van der Waals surface area contributed by atoms with Gasteiger partial charge in [-0.05, 0) is 36.4 Å². The van der Waals surface area contributed by atoms with Crippen LogP contribution in [-0.4, -0.2) is 51.0 Å². The Morgan fingerprint density at radius 1 is 0.914 bits per heavy atom. The quantitative estimate of drug-likeness (QED) is 0.418. The Balaban J connectivity index is 1.32. The maximum absolute atomic E-state index is 14.3. The smallest absolute Gasteiger partial charge is 0.378 e. The van der Waals surface area contributed by atoms with E-state index in [0.29, 0.717) is 49.1 Å². The number of rotatable bonds is 5. The normalized spacial score (nSPS) is 14.2. The molecule has 35 heavy (non-hydrogen) atoms. The molecule has 1 fully saturated rings. The zero-order valence-corrected chi connectivity index (χ0v) is 18.2.